The molecule has 3 aliphatic rings. The third-order valence-corrected chi connectivity index (χ3v) is 10.3. The lowest BCUT2D eigenvalue weighted by molar-refractivity contribution is -0.130. The minimum atomic E-state index is -0.755. The average molecular weight is 703 g/mol. The van der Waals surface area contributed by atoms with Crippen LogP contribution in [-0.2, 0) is 29.2 Å². The number of aliphatic hydroxyl groups is 1. The molecule has 6 rings (SSSR count). The molecular formula is C37H50N8O6. The van der Waals surface area contributed by atoms with E-state index in [2.05, 4.69) is 38.4 Å². The number of hydrogen-bond acceptors (Lipinski definition) is 11. The van der Waals surface area contributed by atoms with Gasteiger partial charge in [-0.05, 0) is 68.0 Å². The van der Waals surface area contributed by atoms with Crippen LogP contribution in [0.2, 0.25) is 0 Å². The lowest BCUT2D eigenvalue weighted by atomic mass is 9.94. The first-order valence-corrected chi connectivity index (χ1v) is 17.9. The summed E-state index contributed by atoms with van der Waals surface area (Å²) >= 11 is 0. The fourth-order valence-corrected chi connectivity index (χ4v) is 7.15. The molecule has 14 heteroatoms. The van der Waals surface area contributed by atoms with Gasteiger partial charge in [0.2, 0.25) is 11.8 Å². The van der Waals surface area contributed by atoms with Crippen molar-refractivity contribution in [3.05, 3.63) is 64.4 Å². The van der Waals surface area contributed by atoms with E-state index in [1.54, 1.807) is 26.0 Å². The number of benzene rings is 1. The Labute approximate surface area is 299 Å². The number of piperazine rings is 1. The molecule has 274 valence electrons. The van der Waals surface area contributed by atoms with Crippen LogP contribution in [-0.4, -0.2) is 119 Å². The summed E-state index contributed by atoms with van der Waals surface area (Å²) < 4.78 is 11.5. The van der Waals surface area contributed by atoms with Gasteiger partial charge in [0.25, 0.3) is 5.91 Å². The van der Waals surface area contributed by atoms with Crippen LogP contribution in [0.15, 0.2) is 35.1 Å². The highest BCUT2D eigenvalue weighted by atomic mass is 16.5. The molecule has 3 N–H and O–H groups in total. The van der Waals surface area contributed by atoms with Crippen molar-refractivity contribution in [3.8, 4) is 5.75 Å². The number of aliphatic hydroxyl groups excluding tert-OH is 1. The number of nitrogens with zero attached hydrogens (tertiary/aromatic N) is 6. The molecule has 2 fully saturated rings. The molecule has 1 atom stereocenters. The number of anilines is 2. The minimum Gasteiger partial charge on any atom is -0.485 e. The summed E-state index contributed by atoms with van der Waals surface area (Å²) in [6.07, 6.45) is 3.08. The van der Waals surface area contributed by atoms with E-state index in [0.717, 1.165) is 42.8 Å². The van der Waals surface area contributed by atoms with Gasteiger partial charge in [0.15, 0.2) is 12.2 Å². The summed E-state index contributed by atoms with van der Waals surface area (Å²) in [4.78, 5) is 54.2. The van der Waals surface area contributed by atoms with Gasteiger partial charge in [-0.25, -0.2) is 9.97 Å². The van der Waals surface area contributed by atoms with Gasteiger partial charge >= 0.3 is 0 Å². The number of aromatic nitrogens is 2. The Hall–Kier alpha value is -4.69. The molecule has 0 unspecified atom stereocenters. The number of oxazole rings is 1. The number of hydrogen-bond donors (Lipinski definition) is 3. The molecule has 3 aliphatic heterocycles. The molecule has 14 nitrogen and oxygen atoms in total. The molecule has 3 aromatic rings. The minimum absolute atomic E-state index is 0.0476. The summed E-state index contributed by atoms with van der Waals surface area (Å²) in [7, 11) is 0. The van der Waals surface area contributed by atoms with E-state index in [1.807, 2.05) is 22.8 Å². The number of pyridine rings is 1. The van der Waals surface area contributed by atoms with Crippen molar-refractivity contribution in [2.75, 3.05) is 69.1 Å². The number of carbonyl (C=O) groups excluding carboxylic acids is 3. The van der Waals surface area contributed by atoms with Gasteiger partial charge in [0.1, 0.15) is 24.0 Å². The second kappa shape index (κ2) is 16.1. The maximum absolute atomic E-state index is 13.5. The number of carbonyl (C=O) groups is 3. The highest BCUT2D eigenvalue weighted by Crippen LogP contribution is 2.30. The quantitative estimate of drug-likeness (QED) is 0.270. The van der Waals surface area contributed by atoms with E-state index in [-0.39, 0.29) is 30.3 Å². The van der Waals surface area contributed by atoms with Crippen molar-refractivity contribution in [2.24, 2.45) is 0 Å². The molecule has 0 saturated carbocycles. The van der Waals surface area contributed by atoms with E-state index in [4.69, 9.17) is 14.1 Å². The van der Waals surface area contributed by atoms with Crippen LogP contribution in [0.5, 0.6) is 5.75 Å². The summed E-state index contributed by atoms with van der Waals surface area (Å²) in [6, 6.07) is 7.73. The van der Waals surface area contributed by atoms with Crippen molar-refractivity contribution >= 4 is 29.4 Å². The van der Waals surface area contributed by atoms with Gasteiger partial charge < -0.3 is 39.6 Å². The molecule has 5 heterocycles. The van der Waals surface area contributed by atoms with E-state index in [9.17, 15) is 19.5 Å². The number of amides is 3. The number of aryl methyl sites for hydroxylation is 1. The zero-order valence-corrected chi connectivity index (χ0v) is 30.1. The lowest BCUT2D eigenvalue weighted by Crippen LogP contribution is -2.48. The molecule has 1 aromatic carbocycles. The predicted octanol–water partition coefficient (Wildman–Crippen LogP) is 2.51. The van der Waals surface area contributed by atoms with Crippen LogP contribution in [0.3, 0.4) is 0 Å². The number of nitrogens with one attached hydrogen (secondary N) is 2. The zero-order valence-electron chi connectivity index (χ0n) is 30.1. The van der Waals surface area contributed by atoms with E-state index in [1.165, 1.54) is 17.5 Å². The summed E-state index contributed by atoms with van der Waals surface area (Å²) in [5, 5.41) is 17.4. The first-order valence-electron chi connectivity index (χ1n) is 17.9. The SMILES string of the molecule is CC(=O)N1CCC(Nc2cc(C(=O)NC[C@H](O)CN3CCc4c(ccc(OCc5ocnc5C)c4C)C3)cc(N3CCN(C(C)=O)CC3)n2)CC1. The molecule has 3 amide bonds. The normalized spacial score (nSPS) is 17.5. The fraction of sp³-hybridized carbons (Fsp3) is 0.541. The van der Waals surface area contributed by atoms with Crippen molar-refractivity contribution in [1.29, 1.82) is 0 Å². The number of fused-ring (bicyclic) bond motifs is 1. The highest BCUT2D eigenvalue weighted by Gasteiger charge is 2.26. The standard InChI is InChI=1S/C37H50N8O6/c1-24-32-9-10-42(20-28(32)5-6-33(24)50-22-34-25(2)39-23-51-34)21-31(48)19-38-37(49)29-17-35(40-30-7-11-43(12-8-30)26(3)46)41-36(18-29)45-15-13-44(14-16-45)27(4)47/h5-6,17-18,23,30-31,48H,7-16,19-22H2,1-4H3,(H,38,49)(H,40,41)/t31-/m0/s1. The van der Waals surface area contributed by atoms with Gasteiger partial charge in [-0.1, -0.05) is 6.07 Å². The van der Waals surface area contributed by atoms with Crippen LogP contribution >= 0.6 is 0 Å². The lowest BCUT2D eigenvalue weighted by Gasteiger charge is -2.35. The Bertz CT molecular complexity index is 1710. The average Bonchev–Trinajstić information content (AvgIpc) is 3.54. The van der Waals surface area contributed by atoms with Crippen molar-refractivity contribution in [1.82, 2.24) is 30.0 Å². The van der Waals surface area contributed by atoms with Crippen molar-refractivity contribution in [3.63, 3.8) is 0 Å². The van der Waals surface area contributed by atoms with E-state index < -0.39 is 6.10 Å². The molecule has 51 heavy (non-hydrogen) atoms. The van der Waals surface area contributed by atoms with Gasteiger partial charge in [-0.2, -0.15) is 0 Å². The van der Waals surface area contributed by atoms with Crippen LogP contribution in [0, 0.1) is 13.8 Å². The maximum atomic E-state index is 13.5. The van der Waals surface area contributed by atoms with Crippen LogP contribution in [0.1, 0.15) is 65.2 Å². The first kappa shape index (κ1) is 36.1. The Kier molecular flexibility index (Phi) is 11.4. The van der Waals surface area contributed by atoms with E-state index >= 15 is 0 Å². The molecule has 0 aliphatic carbocycles. The van der Waals surface area contributed by atoms with Gasteiger partial charge in [-0.3, -0.25) is 19.3 Å². The number of β-amino-alcohol motifs (C(OH)–C–C–N with tert-alkyl or cyclic N) is 1. The zero-order chi connectivity index (χ0) is 36.1. The maximum Gasteiger partial charge on any atom is 0.251 e. The van der Waals surface area contributed by atoms with Gasteiger partial charge in [0, 0.05) is 90.9 Å². The van der Waals surface area contributed by atoms with Crippen LogP contribution in [0.25, 0.3) is 0 Å². The third kappa shape index (κ3) is 8.98. The van der Waals surface area contributed by atoms with Crippen molar-refractivity contribution < 1.29 is 28.6 Å². The number of ether oxygens (including phenoxy) is 1. The smallest absolute Gasteiger partial charge is 0.251 e. The van der Waals surface area contributed by atoms with Crippen LogP contribution < -0.4 is 20.3 Å². The summed E-state index contributed by atoms with van der Waals surface area (Å²) in [5.74, 6) is 2.64. The van der Waals surface area contributed by atoms with Crippen LogP contribution in [0.4, 0.5) is 11.6 Å². The Morgan fingerprint density at radius 1 is 1.00 bits per heavy atom. The Morgan fingerprint density at radius 2 is 1.73 bits per heavy atom. The number of likely N-dealkylation sites (tertiary alicyclic amines) is 1. The topological polar surface area (TPSA) is 157 Å². The summed E-state index contributed by atoms with van der Waals surface area (Å²) in [5.41, 5.74) is 4.86. The highest BCUT2D eigenvalue weighted by molar-refractivity contribution is 5.95. The molecule has 0 bridgehead atoms. The van der Waals surface area contributed by atoms with E-state index in [0.29, 0.717) is 81.9 Å². The second-order valence-electron chi connectivity index (χ2n) is 13.8. The molecule has 2 saturated heterocycles. The molecule has 2 aromatic heterocycles. The molecular weight excluding hydrogens is 652 g/mol. The molecule has 0 spiro atoms. The number of rotatable bonds is 11. The Balaban J connectivity index is 1.05. The first-order chi connectivity index (χ1) is 24.5. The van der Waals surface area contributed by atoms with Gasteiger partial charge in [-0.15, -0.1) is 0 Å². The Morgan fingerprint density at radius 3 is 2.41 bits per heavy atom. The summed E-state index contributed by atoms with van der Waals surface area (Å²) in [6.45, 7) is 13.2. The van der Waals surface area contributed by atoms with Gasteiger partial charge in [0.05, 0.1) is 11.8 Å². The monoisotopic (exact) mass is 702 g/mol. The second-order valence-corrected chi connectivity index (χ2v) is 13.8. The predicted molar refractivity (Wildman–Crippen MR) is 192 cm³/mol. The largest absolute Gasteiger partial charge is 0.485 e. The fourth-order valence-electron chi connectivity index (χ4n) is 7.15. The number of piperidine rings is 1. The third-order valence-electron chi connectivity index (χ3n) is 10.3. The van der Waals surface area contributed by atoms with Crippen molar-refractivity contribution in [2.45, 2.75) is 72.3 Å². The molecule has 0 radical (unpaired) electrons.